The number of anilines is 1. The highest BCUT2D eigenvalue weighted by atomic mass is 15.2. The summed E-state index contributed by atoms with van der Waals surface area (Å²) in [4.78, 5) is 7.38. The molecule has 2 heterocycles. The zero-order valence-electron chi connectivity index (χ0n) is 14.4. The third kappa shape index (κ3) is 3.97. The van der Waals surface area contributed by atoms with Gasteiger partial charge in [0, 0.05) is 30.9 Å². The maximum Gasteiger partial charge on any atom is 0.133 e. The van der Waals surface area contributed by atoms with Crippen LogP contribution in [-0.2, 0) is 6.54 Å². The second kappa shape index (κ2) is 7.26. The van der Waals surface area contributed by atoms with E-state index < -0.39 is 0 Å². The minimum atomic E-state index is 0.766. The third-order valence-electron chi connectivity index (χ3n) is 4.65. The van der Waals surface area contributed by atoms with Gasteiger partial charge in [-0.3, -0.25) is 0 Å². The molecule has 1 aromatic heterocycles. The summed E-state index contributed by atoms with van der Waals surface area (Å²) in [6.45, 7) is 15.5. The highest BCUT2D eigenvalue weighted by molar-refractivity contribution is 5.52. The summed E-state index contributed by atoms with van der Waals surface area (Å²) in [5, 5.41) is 3.54. The summed E-state index contributed by atoms with van der Waals surface area (Å²) < 4.78 is 0. The van der Waals surface area contributed by atoms with E-state index in [4.69, 9.17) is 4.98 Å². The first-order valence-corrected chi connectivity index (χ1v) is 8.45. The van der Waals surface area contributed by atoms with Crippen molar-refractivity contribution in [3.05, 3.63) is 22.9 Å². The number of pyridine rings is 1. The third-order valence-corrected chi connectivity index (χ3v) is 4.65. The fourth-order valence-corrected chi connectivity index (χ4v) is 3.24. The molecule has 0 bridgehead atoms. The Morgan fingerprint density at radius 3 is 2.76 bits per heavy atom. The van der Waals surface area contributed by atoms with Gasteiger partial charge in [0.2, 0.25) is 0 Å². The molecule has 0 amide bonds. The highest BCUT2D eigenvalue weighted by Crippen LogP contribution is 2.30. The van der Waals surface area contributed by atoms with Crippen LogP contribution in [0.1, 0.15) is 50.4 Å². The minimum Gasteiger partial charge on any atom is -0.356 e. The minimum absolute atomic E-state index is 0.766. The molecule has 1 atom stereocenters. The van der Waals surface area contributed by atoms with Crippen LogP contribution < -0.4 is 10.2 Å². The summed E-state index contributed by atoms with van der Waals surface area (Å²) >= 11 is 0. The van der Waals surface area contributed by atoms with Crippen molar-refractivity contribution >= 4 is 5.82 Å². The van der Waals surface area contributed by atoms with Crippen molar-refractivity contribution in [2.24, 2.45) is 11.8 Å². The SMILES string of the molecule is CCCNCc1c(C)cc(C)nc1N1CCC(C(C)C)C1. The molecule has 1 aromatic rings. The van der Waals surface area contributed by atoms with Crippen molar-refractivity contribution in [1.29, 1.82) is 0 Å². The molecule has 3 nitrogen and oxygen atoms in total. The van der Waals surface area contributed by atoms with E-state index in [9.17, 15) is 0 Å². The van der Waals surface area contributed by atoms with Crippen molar-refractivity contribution in [3.63, 3.8) is 0 Å². The molecular formula is C18H31N3. The normalized spacial score (nSPS) is 18.8. The molecule has 2 rings (SSSR count). The van der Waals surface area contributed by atoms with Gasteiger partial charge in [0.25, 0.3) is 0 Å². The lowest BCUT2D eigenvalue weighted by atomic mass is 9.95. The van der Waals surface area contributed by atoms with Gasteiger partial charge in [-0.15, -0.1) is 0 Å². The number of aryl methyl sites for hydroxylation is 2. The van der Waals surface area contributed by atoms with E-state index in [0.717, 1.165) is 43.7 Å². The maximum absolute atomic E-state index is 4.87. The molecule has 0 aliphatic carbocycles. The van der Waals surface area contributed by atoms with E-state index in [2.05, 4.69) is 50.9 Å². The van der Waals surface area contributed by atoms with Crippen molar-refractivity contribution in [3.8, 4) is 0 Å². The van der Waals surface area contributed by atoms with Gasteiger partial charge in [0.05, 0.1) is 0 Å². The summed E-state index contributed by atoms with van der Waals surface area (Å²) in [6, 6.07) is 2.21. The zero-order chi connectivity index (χ0) is 15.4. The molecule has 118 valence electrons. The fraction of sp³-hybridized carbons (Fsp3) is 0.722. The van der Waals surface area contributed by atoms with Gasteiger partial charge < -0.3 is 10.2 Å². The van der Waals surface area contributed by atoms with Gasteiger partial charge in [0.15, 0.2) is 0 Å². The predicted molar refractivity (Wildman–Crippen MR) is 90.9 cm³/mol. The van der Waals surface area contributed by atoms with Gasteiger partial charge in [-0.1, -0.05) is 20.8 Å². The van der Waals surface area contributed by atoms with E-state index in [0.29, 0.717) is 0 Å². The first-order chi connectivity index (χ1) is 10.0. The molecule has 1 unspecified atom stereocenters. The first-order valence-electron chi connectivity index (χ1n) is 8.45. The van der Waals surface area contributed by atoms with Gasteiger partial charge >= 0.3 is 0 Å². The molecule has 1 aliphatic heterocycles. The van der Waals surface area contributed by atoms with E-state index in [1.165, 1.54) is 29.8 Å². The predicted octanol–water partition coefficient (Wildman–Crippen LogP) is 3.68. The van der Waals surface area contributed by atoms with E-state index in [1.807, 2.05) is 0 Å². The maximum atomic E-state index is 4.87. The summed E-state index contributed by atoms with van der Waals surface area (Å²) in [7, 11) is 0. The van der Waals surface area contributed by atoms with Crippen LogP contribution in [0.15, 0.2) is 6.07 Å². The average Bonchev–Trinajstić information content (AvgIpc) is 2.90. The lowest BCUT2D eigenvalue weighted by Gasteiger charge is -2.24. The van der Waals surface area contributed by atoms with Crippen LogP contribution in [-0.4, -0.2) is 24.6 Å². The Labute approximate surface area is 130 Å². The van der Waals surface area contributed by atoms with Crippen LogP contribution >= 0.6 is 0 Å². The van der Waals surface area contributed by atoms with Crippen molar-refractivity contribution < 1.29 is 0 Å². The van der Waals surface area contributed by atoms with Crippen LogP contribution in [0.2, 0.25) is 0 Å². The Kier molecular flexibility index (Phi) is 5.63. The molecule has 1 aliphatic rings. The molecule has 21 heavy (non-hydrogen) atoms. The highest BCUT2D eigenvalue weighted by Gasteiger charge is 2.27. The first kappa shape index (κ1) is 16.3. The molecule has 1 fully saturated rings. The largest absolute Gasteiger partial charge is 0.356 e. The Hall–Kier alpha value is -1.09. The topological polar surface area (TPSA) is 28.2 Å². The average molecular weight is 289 g/mol. The smallest absolute Gasteiger partial charge is 0.133 e. The standard InChI is InChI=1S/C18H31N3/c1-6-8-19-11-17-14(4)10-15(5)20-18(17)21-9-7-16(12-21)13(2)3/h10,13,16,19H,6-9,11-12H2,1-5H3. The molecule has 0 radical (unpaired) electrons. The number of hydrogen-bond acceptors (Lipinski definition) is 3. The Morgan fingerprint density at radius 1 is 1.38 bits per heavy atom. The van der Waals surface area contributed by atoms with Gasteiger partial charge in [-0.2, -0.15) is 0 Å². The zero-order valence-corrected chi connectivity index (χ0v) is 14.4. The number of rotatable bonds is 6. The van der Waals surface area contributed by atoms with Gasteiger partial charge in [-0.05, 0) is 56.7 Å². The lowest BCUT2D eigenvalue weighted by molar-refractivity contribution is 0.422. The van der Waals surface area contributed by atoms with E-state index >= 15 is 0 Å². The summed E-state index contributed by atoms with van der Waals surface area (Å²) in [5.74, 6) is 2.80. The van der Waals surface area contributed by atoms with Crippen LogP contribution in [0.25, 0.3) is 0 Å². The number of nitrogens with zero attached hydrogens (tertiary/aromatic N) is 2. The quantitative estimate of drug-likeness (QED) is 0.810. The van der Waals surface area contributed by atoms with Crippen LogP contribution in [0, 0.1) is 25.7 Å². The molecule has 0 spiro atoms. The Balaban J connectivity index is 2.21. The molecular weight excluding hydrogens is 258 g/mol. The molecule has 1 saturated heterocycles. The number of nitrogens with one attached hydrogen (secondary N) is 1. The summed E-state index contributed by atoms with van der Waals surface area (Å²) in [5.41, 5.74) is 3.89. The summed E-state index contributed by atoms with van der Waals surface area (Å²) in [6.07, 6.45) is 2.47. The second-order valence-corrected chi connectivity index (χ2v) is 6.80. The van der Waals surface area contributed by atoms with Crippen molar-refractivity contribution in [2.45, 2.75) is 54.0 Å². The Bertz CT molecular complexity index is 468. The fourth-order valence-electron chi connectivity index (χ4n) is 3.24. The second-order valence-electron chi connectivity index (χ2n) is 6.80. The van der Waals surface area contributed by atoms with Crippen LogP contribution in [0.3, 0.4) is 0 Å². The molecule has 0 saturated carbocycles. The van der Waals surface area contributed by atoms with Gasteiger partial charge in [-0.25, -0.2) is 4.98 Å². The van der Waals surface area contributed by atoms with Crippen molar-refractivity contribution in [1.82, 2.24) is 10.3 Å². The van der Waals surface area contributed by atoms with Crippen LogP contribution in [0.5, 0.6) is 0 Å². The van der Waals surface area contributed by atoms with Crippen molar-refractivity contribution in [2.75, 3.05) is 24.5 Å². The Morgan fingerprint density at radius 2 is 2.14 bits per heavy atom. The van der Waals surface area contributed by atoms with E-state index in [-0.39, 0.29) is 0 Å². The van der Waals surface area contributed by atoms with E-state index in [1.54, 1.807) is 0 Å². The molecule has 1 N–H and O–H groups in total. The monoisotopic (exact) mass is 289 g/mol. The van der Waals surface area contributed by atoms with Gasteiger partial charge in [0.1, 0.15) is 5.82 Å². The molecule has 0 aromatic carbocycles. The lowest BCUT2D eigenvalue weighted by Crippen LogP contribution is -2.26. The number of hydrogen-bond donors (Lipinski definition) is 1. The number of aromatic nitrogens is 1. The van der Waals surface area contributed by atoms with Crippen LogP contribution in [0.4, 0.5) is 5.82 Å². The molecule has 3 heteroatoms.